The van der Waals surface area contributed by atoms with Crippen LogP contribution >= 0.6 is 0 Å². The third-order valence-corrected chi connectivity index (χ3v) is 4.01. The summed E-state index contributed by atoms with van der Waals surface area (Å²) in [6, 6.07) is 12.8. The van der Waals surface area contributed by atoms with E-state index < -0.39 is 0 Å². The molecule has 128 valence electrons. The van der Waals surface area contributed by atoms with Crippen LogP contribution in [0.25, 0.3) is 0 Å². The van der Waals surface area contributed by atoms with Gasteiger partial charge >= 0.3 is 0 Å². The molecule has 1 amide bonds. The van der Waals surface area contributed by atoms with Gasteiger partial charge in [0.05, 0.1) is 12.2 Å². The first-order chi connectivity index (χ1) is 11.6. The van der Waals surface area contributed by atoms with Crippen molar-refractivity contribution in [1.82, 2.24) is 0 Å². The van der Waals surface area contributed by atoms with Crippen molar-refractivity contribution < 1.29 is 9.53 Å². The summed E-state index contributed by atoms with van der Waals surface area (Å²) in [6.45, 7) is 4.70. The Morgan fingerprint density at radius 3 is 2.67 bits per heavy atom. The Hall–Kier alpha value is -2.49. The zero-order chi connectivity index (χ0) is 17.4. The van der Waals surface area contributed by atoms with Crippen molar-refractivity contribution in [3.8, 4) is 5.75 Å². The van der Waals surface area contributed by atoms with Crippen LogP contribution in [0.3, 0.4) is 0 Å². The molecule has 0 bridgehead atoms. The van der Waals surface area contributed by atoms with Gasteiger partial charge in [-0.15, -0.1) is 0 Å². The fourth-order valence-corrected chi connectivity index (χ4v) is 2.47. The molecule has 0 aliphatic heterocycles. The maximum atomic E-state index is 12.6. The van der Waals surface area contributed by atoms with Crippen LogP contribution in [0.5, 0.6) is 5.75 Å². The maximum absolute atomic E-state index is 12.6. The molecule has 2 aromatic rings. The van der Waals surface area contributed by atoms with E-state index in [1.807, 2.05) is 43.3 Å². The van der Waals surface area contributed by atoms with E-state index in [0.29, 0.717) is 23.6 Å². The molecule has 2 aromatic carbocycles. The van der Waals surface area contributed by atoms with Crippen LogP contribution < -0.4 is 15.8 Å². The summed E-state index contributed by atoms with van der Waals surface area (Å²) in [5.74, 6) is 0.431. The normalized spacial score (nSPS) is 10.4. The van der Waals surface area contributed by atoms with Gasteiger partial charge in [-0.1, -0.05) is 44.4 Å². The van der Waals surface area contributed by atoms with Gasteiger partial charge in [-0.2, -0.15) is 0 Å². The summed E-state index contributed by atoms with van der Waals surface area (Å²) in [6.07, 6.45) is 4.55. The third kappa shape index (κ3) is 4.75. The number of nitrogen functional groups attached to an aromatic ring is 1. The molecule has 0 saturated carbocycles. The smallest absolute Gasteiger partial charge is 0.259 e. The molecule has 0 heterocycles. The number of ether oxygens (including phenoxy) is 1. The van der Waals surface area contributed by atoms with Gasteiger partial charge in [0.15, 0.2) is 0 Å². The van der Waals surface area contributed by atoms with Gasteiger partial charge in [0.2, 0.25) is 0 Å². The Morgan fingerprint density at radius 2 is 1.88 bits per heavy atom. The Balaban J connectivity index is 2.05. The molecule has 0 aliphatic carbocycles. The summed E-state index contributed by atoms with van der Waals surface area (Å²) in [7, 11) is 0. The molecule has 0 aromatic heterocycles. The molecule has 24 heavy (non-hydrogen) atoms. The number of benzene rings is 2. The van der Waals surface area contributed by atoms with E-state index in [2.05, 4.69) is 12.2 Å². The van der Waals surface area contributed by atoms with Crippen molar-refractivity contribution in [1.29, 1.82) is 0 Å². The van der Waals surface area contributed by atoms with E-state index in [9.17, 15) is 4.79 Å². The lowest BCUT2D eigenvalue weighted by molar-refractivity contribution is 0.102. The number of unbranched alkanes of at least 4 members (excludes halogenated alkanes) is 3. The van der Waals surface area contributed by atoms with E-state index in [4.69, 9.17) is 10.5 Å². The van der Waals surface area contributed by atoms with Crippen molar-refractivity contribution in [2.75, 3.05) is 17.7 Å². The molecule has 0 saturated heterocycles. The second-order valence-corrected chi connectivity index (χ2v) is 5.88. The molecule has 4 nitrogen and oxygen atoms in total. The molecule has 0 aliphatic rings. The quantitative estimate of drug-likeness (QED) is 0.541. The molecule has 0 unspecified atom stereocenters. The minimum Gasteiger partial charge on any atom is -0.493 e. The molecular formula is C20H26N2O2. The first kappa shape index (κ1) is 17.9. The van der Waals surface area contributed by atoms with Crippen LogP contribution in [-0.4, -0.2) is 12.5 Å². The van der Waals surface area contributed by atoms with Gasteiger partial charge in [0, 0.05) is 11.4 Å². The minimum atomic E-state index is -0.187. The molecule has 0 radical (unpaired) electrons. The lowest BCUT2D eigenvalue weighted by atomic mass is 10.1. The number of hydrogen-bond donors (Lipinski definition) is 2. The van der Waals surface area contributed by atoms with Crippen LogP contribution in [0.15, 0.2) is 42.5 Å². The van der Waals surface area contributed by atoms with Gasteiger partial charge in [-0.05, 0) is 43.2 Å². The van der Waals surface area contributed by atoms with Crippen LogP contribution in [0, 0.1) is 6.92 Å². The van der Waals surface area contributed by atoms with Crippen LogP contribution in [0.1, 0.15) is 48.5 Å². The highest BCUT2D eigenvalue weighted by atomic mass is 16.5. The number of anilines is 2. The summed E-state index contributed by atoms with van der Waals surface area (Å²) < 4.78 is 5.81. The number of amides is 1. The van der Waals surface area contributed by atoms with Gasteiger partial charge in [-0.3, -0.25) is 4.79 Å². The predicted octanol–water partition coefficient (Wildman–Crippen LogP) is 4.79. The van der Waals surface area contributed by atoms with Crippen LogP contribution in [0.4, 0.5) is 11.4 Å². The molecular weight excluding hydrogens is 300 g/mol. The van der Waals surface area contributed by atoms with Crippen molar-refractivity contribution in [2.24, 2.45) is 0 Å². The summed E-state index contributed by atoms with van der Waals surface area (Å²) in [4.78, 5) is 12.6. The first-order valence-corrected chi connectivity index (χ1v) is 8.51. The van der Waals surface area contributed by atoms with E-state index >= 15 is 0 Å². The Labute approximate surface area is 144 Å². The predicted molar refractivity (Wildman–Crippen MR) is 99.6 cm³/mol. The van der Waals surface area contributed by atoms with Gasteiger partial charge in [0.25, 0.3) is 5.91 Å². The zero-order valence-electron chi connectivity index (χ0n) is 14.5. The Kier molecular flexibility index (Phi) is 6.67. The lowest BCUT2D eigenvalue weighted by Crippen LogP contribution is -2.15. The maximum Gasteiger partial charge on any atom is 0.259 e. The average Bonchev–Trinajstić information content (AvgIpc) is 2.59. The lowest BCUT2D eigenvalue weighted by Gasteiger charge is -2.13. The number of carbonyl (C=O) groups excluding carboxylic acids is 1. The third-order valence-electron chi connectivity index (χ3n) is 4.01. The summed E-state index contributed by atoms with van der Waals surface area (Å²) in [5, 5.41) is 2.92. The standard InChI is InChI=1S/C20H26N2O2/c1-3-4-5-8-14-24-19-13-7-6-10-16(19)20(23)22-18-12-9-11-17(21)15(18)2/h6-7,9-13H,3-5,8,14,21H2,1-2H3,(H,22,23). The minimum absolute atomic E-state index is 0.187. The average molecular weight is 326 g/mol. The molecule has 0 fully saturated rings. The van der Waals surface area contributed by atoms with Crippen molar-refractivity contribution >= 4 is 17.3 Å². The highest BCUT2D eigenvalue weighted by Gasteiger charge is 2.13. The summed E-state index contributed by atoms with van der Waals surface area (Å²) >= 11 is 0. The molecule has 4 heteroatoms. The summed E-state index contributed by atoms with van der Waals surface area (Å²) in [5.41, 5.74) is 8.68. The Bertz CT molecular complexity index is 683. The number of hydrogen-bond acceptors (Lipinski definition) is 3. The molecule has 0 atom stereocenters. The molecule has 2 rings (SSSR count). The molecule has 0 spiro atoms. The fraction of sp³-hybridized carbons (Fsp3) is 0.350. The van der Waals surface area contributed by atoms with Crippen molar-refractivity contribution in [3.05, 3.63) is 53.6 Å². The Morgan fingerprint density at radius 1 is 1.08 bits per heavy atom. The van der Waals surface area contributed by atoms with Gasteiger partial charge in [0.1, 0.15) is 5.75 Å². The van der Waals surface area contributed by atoms with E-state index in [1.54, 1.807) is 6.07 Å². The zero-order valence-corrected chi connectivity index (χ0v) is 14.5. The number of carbonyl (C=O) groups is 1. The van der Waals surface area contributed by atoms with E-state index in [0.717, 1.165) is 24.1 Å². The second kappa shape index (κ2) is 8.96. The monoisotopic (exact) mass is 326 g/mol. The molecule has 3 N–H and O–H groups in total. The van der Waals surface area contributed by atoms with Crippen LogP contribution in [0.2, 0.25) is 0 Å². The largest absolute Gasteiger partial charge is 0.493 e. The van der Waals surface area contributed by atoms with Crippen LogP contribution in [-0.2, 0) is 0 Å². The second-order valence-electron chi connectivity index (χ2n) is 5.88. The highest BCUT2D eigenvalue weighted by molar-refractivity contribution is 6.06. The van der Waals surface area contributed by atoms with Crippen molar-refractivity contribution in [2.45, 2.75) is 39.5 Å². The fourth-order valence-electron chi connectivity index (χ4n) is 2.47. The number of rotatable bonds is 8. The topological polar surface area (TPSA) is 64.3 Å². The number of para-hydroxylation sites is 1. The van der Waals surface area contributed by atoms with E-state index in [1.165, 1.54) is 12.8 Å². The number of nitrogens with two attached hydrogens (primary N) is 1. The van der Waals surface area contributed by atoms with Gasteiger partial charge in [-0.25, -0.2) is 0 Å². The highest BCUT2D eigenvalue weighted by Crippen LogP contribution is 2.24. The van der Waals surface area contributed by atoms with Gasteiger partial charge < -0.3 is 15.8 Å². The van der Waals surface area contributed by atoms with Crippen molar-refractivity contribution in [3.63, 3.8) is 0 Å². The number of nitrogens with one attached hydrogen (secondary N) is 1. The van der Waals surface area contributed by atoms with E-state index in [-0.39, 0.29) is 5.91 Å². The first-order valence-electron chi connectivity index (χ1n) is 8.51. The SMILES string of the molecule is CCCCCCOc1ccccc1C(=O)Nc1cccc(N)c1C.